The number of hydrogen-bond acceptors (Lipinski definition) is 4. The quantitative estimate of drug-likeness (QED) is 0.885. The molecule has 0 aliphatic carbocycles. The highest BCUT2D eigenvalue weighted by molar-refractivity contribution is 5.80. The highest BCUT2D eigenvalue weighted by Crippen LogP contribution is 2.30. The second-order valence-electron chi connectivity index (χ2n) is 6.82. The zero-order chi connectivity index (χ0) is 17.8. The average Bonchev–Trinajstić information content (AvgIpc) is 2.62. The lowest BCUT2D eigenvalue weighted by Gasteiger charge is -2.32. The third-order valence-corrected chi connectivity index (χ3v) is 4.99. The summed E-state index contributed by atoms with van der Waals surface area (Å²) in [5.41, 5.74) is 4.11. The smallest absolute Gasteiger partial charge is 0.224 e. The van der Waals surface area contributed by atoms with E-state index in [-0.39, 0.29) is 12.0 Å². The number of piperidine rings is 1. The molecule has 2 N–H and O–H groups in total. The van der Waals surface area contributed by atoms with Crippen LogP contribution in [0.2, 0.25) is 0 Å². The molecule has 1 fully saturated rings. The molecular weight excluding hydrogens is 314 g/mol. The Bertz CT molecular complexity index is 712. The number of benzene rings is 1. The van der Waals surface area contributed by atoms with Crippen LogP contribution in [0.4, 0.5) is 0 Å². The lowest BCUT2D eigenvalue weighted by Crippen LogP contribution is -2.42. The molecule has 2 aliphatic rings. The van der Waals surface area contributed by atoms with E-state index >= 15 is 0 Å². The number of carbonyl (C=O) groups is 1. The first-order chi connectivity index (χ1) is 12.1. The molecule has 2 heterocycles. The van der Waals surface area contributed by atoms with Crippen molar-refractivity contribution in [2.75, 3.05) is 19.6 Å². The van der Waals surface area contributed by atoms with E-state index in [1.165, 1.54) is 5.57 Å². The number of hydrogen-bond donors (Lipinski definition) is 2. The van der Waals surface area contributed by atoms with Crippen LogP contribution in [0.5, 0.6) is 0 Å². The number of aliphatic hydroxyl groups excluding tert-OH is 1. The number of carbonyl (C=O) groups excluding carboxylic acids is 1. The van der Waals surface area contributed by atoms with Crippen LogP contribution >= 0.6 is 0 Å². The van der Waals surface area contributed by atoms with Crippen LogP contribution < -0.4 is 5.32 Å². The summed E-state index contributed by atoms with van der Waals surface area (Å²) in [4.78, 5) is 14.3. The molecular formula is C20H24N3O2. The molecule has 1 aromatic rings. The molecule has 1 aromatic carbocycles. The summed E-state index contributed by atoms with van der Waals surface area (Å²) < 4.78 is 0. The lowest BCUT2D eigenvalue weighted by atomic mass is 9.90. The predicted octanol–water partition coefficient (Wildman–Crippen LogP) is 2.15. The van der Waals surface area contributed by atoms with Crippen LogP contribution in [0.25, 0.3) is 5.57 Å². The SMILES string of the molecule is Cc1cc(C#N)ccc1C1=CCN[C](CC(=O)N2CCC(O)CC2)C1. The first kappa shape index (κ1) is 17.7. The first-order valence-corrected chi connectivity index (χ1v) is 8.81. The summed E-state index contributed by atoms with van der Waals surface area (Å²) in [6, 6.07) is 8.95. The van der Waals surface area contributed by atoms with Crippen molar-refractivity contribution in [2.24, 2.45) is 0 Å². The fraction of sp³-hybridized carbons (Fsp3) is 0.450. The highest BCUT2D eigenvalue weighted by atomic mass is 16.3. The van der Waals surface area contributed by atoms with Crippen LogP contribution in [0.1, 0.15) is 42.4 Å². The molecule has 0 saturated carbocycles. The Balaban J connectivity index is 1.62. The van der Waals surface area contributed by atoms with Gasteiger partial charge in [0.25, 0.3) is 0 Å². The van der Waals surface area contributed by atoms with Crippen molar-refractivity contribution in [2.45, 2.75) is 38.7 Å². The van der Waals surface area contributed by atoms with Crippen LogP contribution in [0.3, 0.4) is 0 Å². The summed E-state index contributed by atoms with van der Waals surface area (Å²) in [6.45, 7) is 4.02. The van der Waals surface area contributed by atoms with Crippen molar-refractivity contribution in [3.63, 3.8) is 0 Å². The van der Waals surface area contributed by atoms with E-state index < -0.39 is 0 Å². The van der Waals surface area contributed by atoms with Crippen molar-refractivity contribution < 1.29 is 9.90 Å². The van der Waals surface area contributed by atoms with Crippen LogP contribution in [-0.4, -0.2) is 41.7 Å². The molecule has 2 aliphatic heterocycles. The molecule has 3 rings (SSSR count). The Morgan fingerprint density at radius 2 is 2.16 bits per heavy atom. The summed E-state index contributed by atoms with van der Waals surface area (Å²) in [6.07, 6.45) is 4.37. The molecule has 1 amide bonds. The Hall–Kier alpha value is -2.16. The molecule has 25 heavy (non-hydrogen) atoms. The van der Waals surface area contributed by atoms with Gasteiger partial charge in [0.1, 0.15) is 0 Å². The van der Waals surface area contributed by atoms with Crippen LogP contribution in [-0.2, 0) is 4.79 Å². The maximum absolute atomic E-state index is 12.5. The van der Waals surface area contributed by atoms with Gasteiger partial charge in [-0.15, -0.1) is 0 Å². The number of aryl methyl sites for hydroxylation is 1. The Morgan fingerprint density at radius 3 is 2.84 bits per heavy atom. The fourth-order valence-electron chi connectivity index (χ4n) is 3.52. The minimum Gasteiger partial charge on any atom is -0.393 e. The molecule has 0 aromatic heterocycles. The highest BCUT2D eigenvalue weighted by Gasteiger charge is 2.26. The van der Waals surface area contributed by atoms with Gasteiger partial charge >= 0.3 is 0 Å². The summed E-state index contributed by atoms with van der Waals surface area (Å²) in [7, 11) is 0. The number of aliphatic hydroxyl groups is 1. The topological polar surface area (TPSA) is 76.4 Å². The first-order valence-electron chi connectivity index (χ1n) is 8.81. The van der Waals surface area contributed by atoms with Crippen molar-refractivity contribution in [3.8, 4) is 6.07 Å². The predicted molar refractivity (Wildman–Crippen MR) is 96.2 cm³/mol. The van der Waals surface area contributed by atoms with Crippen molar-refractivity contribution in [1.82, 2.24) is 10.2 Å². The van der Waals surface area contributed by atoms with Gasteiger partial charge < -0.3 is 15.3 Å². The largest absolute Gasteiger partial charge is 0.393 e. The molecule has 0 atom stereocenters. The van der Waals surface area contributed by atoms with Gasteiger partial charge in [-0.1, -0.05) is 12.1 Å². The zero-order valence-electron chi connectivity index (χ0n) is 14.6. The number of nitrogens with zero attached hydrogens (tertiary/aromatic N) is 2. The number of likely N-dealkylation sites (tertiary alicyclic amines) is 1. The van der Waals surface area contributed by atoms with Gasteiger partial charge in [0.15, 0.2) is 0 Å². The maximum atomic E-state index is 12.5. The summed E-state index contributed by atoms with van der Waals surface area (Å²) >= 11 is 0. The van der Waals surface area contributed by atoms with Crippen molar-refractivity contribution in [3.05, 3.63) is 47.0 Å². The van der Waals surface area contributed by atoms with E-state index in [9.17, 15) is 9.90 Å². The van der Waals surface area contributed by atoms with Crippen molar-refractivity contribution >= 4 is 11.5 Å². The molecule has 1 saturated heterocycles. The number of nitrogens with one attached hydrogen (secondary N) is 1. The van der Waals surface area contributed by atoms with E-state index in [2.05, 4.69) is 17.5 Å². The Labute approximate surface area is 148 Å². The van der Waals surface area contributed by atoms with Crippen LogP contribution in [0.15, 0.2) is 24.3 Å². The Kier molecular flexibility index (Phi) is 5.52. The molecule has 0 unspecified atom stereocenters. The van der Waals surface area contributed by atoms with E-state index in [4.69, 9.17) is 5.26 Å². The summed E-state index contributed by atoms with van der Waals surface area (Å²) in [5, 5.41) is 21.9. The maximum Gasteiger partial charge on any atom is 0.224 e. The average molecular weight is 338 g/mol. The molecule has 131 valence electrons. The van der Waals surface area contributed by atoms with E-state index in [0.717, 1.165) is 30.1 Å². The van der Waals surface area contributed by atoms with Gasteiger partial charge in [-0.3, -0.25) is 4.79 Å². The molecule has 5 heteroatoms. The van der Waals surface area contributed by atoms with Crippen LogP contribution in [0, 0.1) is 24.3 Å². The standard InChI is InChI=1S/C20H24N3O2/c1-14-10-15(13-21)2-3-19(14)16-4-7-22-17(11-16)12-20(25)23-8-5-18(24)6-9-23/h2-4,10,18,22,24H,5-9,11-12H2,1H3. The van der Waals surface area contributed by atoms with Crippen molar-refractivity contribution in [1.29, 1.82) is 5.26 Å². The normalized spacial score (nSPS) is 19.4. The molecule has 0 bridgehead atoms. The van der Waals surface area contributed by atoms with Gasteiger partial charge in [0.05, 0.1) is 23.8 Å². The van der Waals surface area contributed by atoms with Gasteiger partial charge in [-0.25, -0.2) is 0 Å². The number of amides is 1. The van der Waals surface area contributed by atoms with E-state index in [1.807, 2.05) is 30.0 Å². The fourth-order valence-corrected chi connectivity index (χ4v) is 3.52. The third kappa shape index (κ3) is 4.28. The van der Waals surface area contributed by atoms with E-state index in [0.29, 0.717) is 37.9 Å². The summed E-state index contributed by atoms with van der Waals surface area (Å²) in [5.74, 6) is 0.132. The van der Waals surface area contributed by atoms with Gasteiger partial charge in [0.2, 0.25) is 5.91 Å². The van der Waals surface area contributed by atoms with E-state index in [1.54, 1.807) is 0 Å². The monoisotopic (exact) mass is 338 g/mol. The zero-order valence-corrected chi connectivity index (χ0v) is 14.6. The number of nitriles is 1. The third-order valence-electron chi connectivity index (χ3n) is 4.99. The Morgan fingerprint density at radius 1 is 1.40 bits per heavy atom. The molecule has 0 spiro atoms. The molecule has 1 radical (unpaired) electrons. The van der Waals surface area contributed by atoms with Gasteiger partial charge in [0, 0.05) is 26.1 Å². The minimum absolute atomic E-state index is 0.132. The van der Waals surface area contributed by atoms with Gasteiger partial charge in [-0.05, 0) is 55.0 Å². The molecule has 5 nitrogen and oxygen atoms in total. The van der Waals surface area contributed by atoms with Gasteiger partial charge in [-0.2, -0.15) is 5.26 Å². The second kappa shape index (κ2) is 7.81. The second-order valence-corrected chi connectivity index (χ2v) is 6.82. The minimum atomic E-state index is -0.265. The lowest BCUT2D eigenvalue weighted by molar-refractivity contribution is -0.132. The number of rotatable bonds is 3.